The zero-order valence-corrected chi connectivity index (χ0v) is 13.6. The van der Waals surface area contributed by atoms with Gasteiger partial charge in [-0.3, -0.25) is 0 Å². The van der Waals surface area contributed by atoms with Gasteiger partial charge in [0.25, 0.3) is 0 Å². The molecule has 2 rings (SSSR count). The van der Waals surface area contributed by atoms with Gasteiger partial charge >= 0.3 is 0 Å². The van der Waals surface area contributed by atoms with Crippen molar-refractivity contribution in [1.82, 2.24) is 5.32 Å². The number of benzene rings is 2. The average Bonchev–Trinajstić information content (AvgIpc) is 2.60. The molecule has 23 heavy (non-hydrogen) atoms. The van der Waals surface area contributed by atoms with Gasteiger partial charge in [0.1, 0.15) is 5.75 Å². The highest BCUT2D eigenvalue weighted by molar-refractivity contribution is 5.74. The number of allylic oxidation sites excluding steroid dienone is 2. The van der Waals surface area contributed by atoms with Crippen LogP contribution in [-0.4, -0.2) is 6.61 Å². The summed E-state index contributed by atoms with van der Waals surface area (Å²) in [5.41, 5.74) is 4.07. The zero-order valence-electron chi connectivity index (χ0n) is 13.6. The van der Waals surface area contributed by atoms with Crippen LogP contribution in [0.15, 0.2) is 80.0 Å². The largest absolute Gasteiger partial charge is 0.493 e. The van der Waals surface area contributed by atoms with Gasteiger partial charge in [0, 0.05) is 17.5 Å². The Bertz CT molecular complexity index is 686. The molecule has 0 heterocycles. The Morgan fingerprint density at radius 3 is 2.61 bits per heavy atom. The van der Waals surface area contributed by atoms with Gasteiger partial charge in [-0.2, -0.15) is 0 Å². The highest BCUT2D eigenvalue weighted by Crippen LogP contribution is 2.30. The molecule has 2 heteroatoms. The van der Waals surface area contributed by atoms with Gasteiger partial charge in [-0.05, 0) is 35.8 Å². The Morgan fingerprint density at radius 1 is 1.13 bits per heavy atom. The van der Waals surface area contributed by atoms with Crippen LogP contribution in [0.25, 0.3) is 16.8 Å². The summed E-state index contributed by atoms with van der Waals surface area (Å²) < 4.78 is 5.93. The van der Waals surface area contributed by atoms with Gasteiger partial charge in [0.05, 0.1) is 6.61 Å². The lowest BCUT2D eigenvalue weighted by Crippen LogP contribution is -2.06. The van der Waals surface area contributed by atoms with E-state index in [1.54, 1.807) is 6.08 Å². The smallest absolute Gasteiger partial charge is 0.129 e. The van der Waals surface area contributed by atoms with Crippen LogP contribution < -0.4 is 10.1 Å². The van der Waals surface area contributed by atoms with Crippen molar-refractivity contribution in [1.29, 1.82) is 0 Å². The van der Waals surface area contributed by atoms with Gasteiger partial charge < -0.3 is 10.1 Å². The van der Waals surface area contributed by atoms with E-state index in [1.807, 2.05) is 36.5 Å². The summed E-state index contributed by atoms with van der Waals surface area (Å²) in [5, 5.41) is 3.15. The van der Waals surface area contributed by atoms with E-state index >= 15 is 0 Å². The summed E-state index contributed by atoms with van der Waals surface area (Å²) in [4.78, 5) is 0. The normalized spacial score (nSPS) is 10.5. The average molecular weight is 305 g/mol. The van der Waals surface area contributed by atoms with E-state index in [4.69, 9.17) is 4.74 Å². The summed E-state index contributed by atoms with van der Waals surface area (Å²) in [5.74, 6) is 0.845. The Kier molecular flexibility index (Phi) is 6.25. The second-order valence-electron chi connectivity index (χ2n) is 5.14. The summed E-state index contributed by atoms with van der Waals surface area (Å²) >= 11 is 0. The molecule has 1 N–H and O–H groups in total. The van der Waals surface area contributed by atoms with E-state index in [0.717, 1.165) is 29.0 Å². The highest BCUT2D eigenvalue weighted by Gasteiger charge is 2.09. The lowest BCUT2D eigenvalue weighted by Gasteiger charge is -2.15. The molecule has 0 amide bonds. The third-order valence-corrected chi connectivity index (χ3v) is 3.37. The Hall–Kier alpha value is -2.74. The molecule has 0 fully saturated rings. The molecule has 118 valence electrons. The Labute approximate surface area is 138 Å². The fourth-order valence-corrected chi connectivity index (χ4v) is 2.21. The maximum atomic E-state index is 5.93. The van der Waals surface area contributed by atoms with Gasteiger partial charge in [0.2, 0.25) is 0 Å². The van der Waals surface area contributed by atoms with Gasteiger partial charge in [-0.25, -0.2) is 0 Å². The zero-order chi connectivity index (χ0) is 16.5. The molecule has 2 nitrogen and oxygen atoms in total. The van der Waals surface area contributed by atoms with Crippen LogP contribution in [-0.2, 0) is 0 Å². The molecule has 0 aromatic heterocycles. The lowest BCUT2D eigenvalue weighted by atomic mass is 10.0. The first-order valence-electron chi connectivity index (χ1n) is 7.82. The van der Waals surface area contributed by atoms with Crippen LogP contribution in [0.1, 0.15) is 18.9 Å². The number of hydrogen-bond donors (Lipinski definition) is 1. The second kappa shape index (κ2) is 8.64. The van der Waals surface area contributed by atoms with E-state index in [-0.39, 0.29) is 0 Å². The fourth-order valence-electron chi connectivity index (χ4n) is 2.21. The minimum atomic E-state index is 0.682. The van der Waals surface area contributed by atoms with Gasteiger partial charge in [-0.1, -0.05) is 62.6 Å². The van der Waals surface area contributed by atoms with Crippen molar-refractivity contribution in [2.45, 2.75) is 13.3 Å². The minimum Gasteiger partial charge on any atom is -0.493 e. The summed E-state index contributed by atoms with van der Waals surface area (Å²) in [6.45, 7) is 10.5. The van der Waals surface area contributed by atoms with Crippen molar-refractivity contribution in [3.8, 4) is 16.9 Å². The molecule has 0 aliphatic heterocycles. The maximum absolute atomic E-state index is 5.93. The minimum absolute atomic E-state index is 0.682. The number of hydrogen-bond acceptors (Lipinski definition) is 2. The molecule has 2 aromatic carbocycles. The first kappa shape index (κ1) is 16.6. The quantitative estimate of drug-likeness (QED) is 0.659. The van der Waals surface area contributed by atoms with Crippen LogP contribution in [0.3, 0.4) is 0 Å². The van der Waals surface area contributed by atoms with Crippen LogP contribution in [0.4, 0.5) is 0 Å². The van der Waals surface area contributed by atoms with Crippen LogP contribution >= 0.6 is 0 Å². The van der Waals surface area contributed by atoms with E-state index in [1.165, 1.54) is 5.56 Å². The predicted octanol–water partition coefficient (Wildman–Crippen LogP) is 5.40. The lowest BCUT2D eigenvalue weighted by molar-refractivity contribution is 0.316. The van der Waals surface area contributed by atoms with Crippen LogP contribution in [0.2, 0.25) is 0 Å². The monoisotopic (exact) mass is 305 g/mol. The molecular weight excluding hydrogens is 282 g/mol. The second-order valence-corrected chi connectivity index (χ2v) is 5.14. The Morgan fingerprint density at radius 2 is 1.91 bits per heavy atom. The molecule has 0 bridgehead atoms. The topological polar surface area (TPSA) is 21.3 Å². The van der Waals surface area contributed by atoms with E-state index in [0.29, 0.717) is 6.61 Å². The first-order chi connectivity index (χ1) is 11.3. The van der Waals surface area contributed by atoms with E-state index in [9.17, 15) is 0 Å². The molecule has 0 saturated carbocycles. The van der Waals surface area contributed by atoms with Crippen molar-refractivity contribution < 1.29 is 4.74 Å². The van der Waals surface area contributed by atoms with Crippen molar-refractivity contribution >= 4 is 5.70 Å². The first-order valence-corrected chi connectivity index (χ1v) is 7.82. The molecule has 2 aromatic rings. The molecule has 0 saturated heterocycles. The molecule has 0 aliphatic carbocycles. The number of rotatable bonds is 8. The summed E-state index contributed by atoms with van der Waals surface area (Å²) in [7, 11) is 0. The van der Waals surface area contributed by atoms with Gasteiger partial charge in [0.15, 0.2) is 0 Å². The fraction of sp³-hybridized carbons (Fsp3) is 0.143. The van der Waals surface area contributed by atoms with Crippen molar-refractivity contribution in [2.75, 3.05) is 6.61 Å². The van der Waals surface area contributed by atoms with Gasteiger partial charge in [-0.15, -0.1) is 0 Å². The maximum Gasteiger partial charge on any atom is 0.129 e. The highest BCUT2D eigenvalue weighted by atomic mass is 16.5. The summed E-state index contributed by atoms with van der Waals surface area (Å²) in [6.07, 6.45) is 6.32. The molecular formula is C21H23NO. The number of ether oxygens (including phenoxy) is 1. The van der Waals surface area contributed by atoms with Crippen molar-refractivity contribution in [3.63, 3.8) is 0 Å². The summed E-state index contributed by atoms with van der Waals surface area (Å²) in [6, 6.07) is 16.5. The molecule has 0 radical (unpaired) electrons. The Balaban J connectivity index is 2.32. The standard InChI is InChI=1S/C21H23NO/c1-4-6-14-22-17(3)20-13-12-19(16-21(20)23-15-5-2)18-10-8-7-9-11-18/h4,6-14,16,22H,1,3,5,15H2,2H3/b14-6+. The molecule has 0 atom stereocenters. The number of nitrogens with one attached hydrogen (secondary N) is 1. The molecule has 0 unspecified atom stereocenters. The van der Waals surface area contributed by atoms with Crippen LogP contribution in [0, 0.1) is 0 Å². The SMILES string of the molecule is C=C/C=C/NC(=C)c1ccc(-c2ccccc2)cc1OCCC. The molecule has 0 aliphatic rings. The third-order valence-electron chi connectivity index (χ3n) is 3.37. The van der Waals surface area contributed by atoms with E-state index < -0.39 is 0 Å². The van der Waals surface area contributed by atoms with Crippen LogP contribution in [0.5, 0.6) is 5.75 Å². The third kappa shape index (κ3) is 4.62. The van der Waals surface area contributed by atoms with Crippen molar-refractivity contribution in [2.24, 2.45) is 0 Å². The van der Waals surface area contributed by atoms with E-state index in [2.05, 4.69) is 49.7 Å². The molecule has 0 spiro atoms. The predicted molar refractivity (Wildman–Crippen MR) is 99.2 cm³/mol. The van der Waals surface area contributed by atoms with Crippen molar-refractivity contribution in [3.05, 3.63) is 85.6 Å².